The highest BCUT2D eigenvalue weighted by molar-refractivity contribution is 14.0. The molecule has 136 valence electrons. The predicted octanol–water partition coefficient (Wildman–Crippen LogP) is 3.20. The topological polar surface area (TPSA) is 62.7 Å². The van der Waals surface area contributed by atoms with Crippen LogP contribution in [0.15, 0.2) is 28.1 Å². The fourth-order valence-electron chi connectivity index (χ4n) is 2.02. The number of carbonyl (C=O) groups is 1. The standard InChI is InChI=1S/C17H27N3O2S.HI/c1-6-18-17(19-10-13(3)16(21)22-4)20-11-14-8-7-12(2)9-15(14)23-5;/h7-9,13H,6,10-11H2,1-5H3,(H2,18,19,20);1H. The maximum atomic E-state index is 11.5. The van der Waals surface area contributed by atoms with Gasteiger partial charge in [0.25, 0.3) is 0 Å². The van der Waals surface area contributed by atoms with Crippen LogP contribution in [0.1, 0.15) is 25.0 Å². The van der Waals surface area contributed by atoms with Crippen molar-refractivity contribution in [2.24, 2.45) is 10.9 Å². The Kier molecular flexibility index (Phi) is 11.9. The number of halogens is 1. The van der Waals surface area contributed by atoms with Crippen LogP contribution in [-0.4, -0.2) is 38.4 Å². The van der Waals surface area contributed by atoms with Crippen molar-refractivity contribution in [3.8, 4) is 0 Å². The van der Waals surface area contributed by atoms with Crippen molar-refractivity contribution in [3.63, 3.8) is 0 Å². The zero-order valence-corrected chi connectivity index (χ0v) is 18.2. The first-order valence-electron chi connectivity index (χ1n) is 7.75. The summed E-state index contributed by atoms with van der Waals surface area (Å²) >= 11 is 1.73. The number of rotatable bonds is 7. The number of nitrogens with one attached hydrogen (secondary N) is 2. The largest absolute Gasteiger partial charge is 0.469 e. The lowest BCUT2D eigenvalue weighted by molar-refractivity contribution is -0.144. The maximum Gasteiger partial charge on any atom is 0.310 e. The second kappa shape index (κ2) is 12.4. The lowest BCUT2D eigenvalue weighted by Gasteiger charge is -2.15. The molecule has 0 saturated heterocycles. The van der Waals surface area contributed by atoms with E-state index in [1.807, 2.05) is 13.8 Å². The minimum Gasteiger partial charge on any atom is -0.469 e. The van der Waals surface area contributed by atoms with E-state index in [1.54, 1.807) is 11.8 Å². The molecule has 0 aliphatic heterocycles. The van der Waals surface area contributed by atoms with Gasteiger partial charge in [-0.25, -0.2) is 4.99 Å². The van der Waals surface area contributed by atoms with E-state index in [0.29, 0.717) is 19.0 Å². The molecule has 1 unspecified atom stereocenters. The summed E-state index contributed by atoms with van der Waals surface area (Å²) in [6, 6.07) is 6.39. The third kappa shape index (κ3) is 7.74. The summed E-state index contributed by atoms with van der Waals surface area (Å²) in [4.78, 5) is 17.3. The normalized spacial score (nSPS) is 12.1. The molecular weight excluding hydrogens is 437 g/mol. The summed E-state index contributed by atoms with van der Waals surface area (Å²) in [6.45, 7) is 7.78. The molecule has 5 nitrogen and oxygen atoms in total. The molecule has 1 atom stereocenters. The number of guanidine groups is 1. The fraction of sp³-hybridized carbons (Fsp3) is 0.529. The van der Waals surface area contributed by atoms with Crippen LogP contribution < -0.4 is 10.6 Å². The smallest absolute Gasteiger partial charge is 0.310 e. The van der Waals surface area contributed by atoms with Crippen LogP contribution >= 0.6 is 35.7 Å². The minimum atomic E-state index is -0.225. The van der Waals surface area contributed by atoms with Crippen molar-refractivity contribution in [1.29, 1.82) is 0 Å². The Hall–Kier alpha value is -0.960. The zero-order chi connectivity index (χ0) is 17.2. The third-order valence-electron chi connectivity index (χ3n) is 3.37. The van der Waals surface area contributed by atoms with Gasteiger partial charge < -0.3 is 15.4 Å². The van der Waals surface area contributed by atoms with Crippen molar-refractivity contribution in [1.82, 2.24) is 10.6 Å². The summed E-state index contributed by atoms with van der Waals surface area (Å²) in [5.41, 5.74) is 2.44. The first kappa shape index (κ1) is 23.0. The summed E-state index contributed by atoms with van der Waals surface area (Å²) in [6.07, 6.45) is 2.07. The van der Waals surface area contributed by atoms with E-state index >= 15 is 0 Å². The van der Waals surface area contributed by atoms with Gasteiger partial charge in [0.1, 0.15) is 0 Å². The molecule has 1 rings (SSSR count). The molecule has 0 spiro atoms. The Morgan fingerprint density at radius 3 is 2.67 bits per heavy atom. The Bertz CT molecular complexity index is 553. The monoisotopic (exact) mass is 465 g/mol. The second-order valence-corrected chi connectivity index (χ2v) is 6.16. The number of aliphatic imine (C=N–C) groups is 1. The van der Waals surface area contributed by atoms with E-state index in [4.69, 9.17) is 4.74 Å². The third-order valence-corrected chi connectivity index (χ3v) is 4.19. The summed E-state index contributed by atoms with van der Waals surface area (Å²) in [5.74, 6) is 0.262. The summed E-state index contributed by atoms with van der Waals surface area (Å²) in [7, 11) is 1.40. The first-order valence-corrected chi connectivity index (χ1v) is 8.97. The number of hydrogen-bond donors (Lipinski definition) is 2. The van der Waals surface area contributed by atoms with Crippen LogP contribution in [0.4, 0.5) is 0 Å². The Morgan fingerprint density at radius 1 is 1.38 bits per heavy atom. The number of ether oxygens (including phenoxy) is 1. The van der Waals surface area contributed by atoms with Crippen LogP contribution in [-0.2, 0) is 16.1 Å². The van der Waals surface area contributed by atoms with E-state index in [9.17, 15) is 4.79 Å². The Labute approximate surface area is 166 Å². The summed E-state index contributed by atoms with van der Waals surface area (Å²) < 4.78 is 4.73. The molecule has 0 saturated carbocycles. The molecule has 24 heavy (non-hydrogen) atoms. The van der Waals surface area contributed by atoms with E-state index in [1.165, 1.54) is 23.1 Å². The zero-order valence-electron chi connectivity index (χ0n) is 15.0. The SMILES string of the molecule is CCNC(=NCc1ccc(C)cc1SC)NCC(C)C(=O)OC.I. The molecule has 0 radical (unpaired) electrons. The molecule has 7 heteroatoms. The molecule has 0 heterocycles. The molecule has 0 aromatic heterocycles. The number of esters is 1. The van der Waals surface area contributed by atoms with Crippen molar-refractivity contribution in [3.05, 3.63) is 29.3 Å². The average molecular weight is 465 g/mol. The molecule has 1 aromatic carbocycles. The quantitative estimate of drug-likeness (QED) is 0.213. The van der Waals surface area contributed by atoms with E-state index < -0.39 is 0 Å². The number of hydrogen-bond acceptors (Lipinski definition) is 4. The van der Waals surface area contributed by atoms with Crippen LogP contribution in [0.25, 0.3) is 0 Å². The predicted molar refractivity (Wildman–Crippen MR) is 112 cm³/mol. The van der Waals surface area contributed by atoms with Gasteiger partial charge in [0.05, 0.1) is 19.6 Å². The highest BCUT2D eigenvalue weighted by atomic mass is 127. The number of thioether (sulfide) groups is 1. The molecular formula is C17H28IN3O2S. The molecule has 0 aliphatic carbocycles. The lowest BCUT2D eigenvalue weighted by atomic mass is 10.1. The minimum absolute atomic E-state index is 0. The van der Waals surface area contributed by atoms with Gasteiger partial charge in [0.2, 0.25) is 0 Å². The number of aryl methyl sites for hydroxylation is 1. The molecule has 0 aliphatic rings. The van der Waals surface area contributed by atoms with Crippen LogP contribution in [0.2, 0.25) is 0 Å². The highest BCUT2D eigenvalue weighted by Crippen LogP contribution is 2.22. The van der Waals surface area contributed by atoms with Crippen LogP contribution in [0.5, 0.6) is 0 Å². The fourth-order valence-corrected chi connectivity index (χ4v) is 2.72. The van der Waals surface area contributed by atoms with Crippen molar-refractivity contribution in [2.75, 3.05) is 26.5 Å². The van der Waals surface area contributed by atoms with Crippen molar-refractivity contribution >= 4 is 47.7 Å². The van der Waals surface area contributed by atoms with E-state index in [0.717, 1.165) is 6.54 Å². The van der Waals surface area contributed by atoms with Gasteiger partial charge in [0.15, 0.2) is 5.96 Å². The van der Waals surface area contributed by atoms with Crippen molar-refractivity contribution < 1.29 is 9.53 Å². The van der Waals surface area contributed by atoms with Gasteiger partial charge in [-0.15, -0.1) is 35.7 Å². The molecule has 2 N–H and O–H groups in total. The maximum absolute atomic E-state index is 11.5. The van der Waals surface area contributed by atoms with Gasteiger partial charge in [-0.1, -0.05) is 19.1 Å². The lowest BCUT2D eigenvalue weighted by Crippen LogP contribution is -2.40. The number of benzene rings is 1. The first-order chi connectivity index (χ1) is 11.0. The van der Waals surface area contributed by atoms with E-state index in [2.05, 4.69) is 47.0 Å². The average Bonchev–Trinajstić information content (AvgIpc) is 2.56. The van der Waals surface area contributed by atoms with Gasteiger partial charge in [-0.3, -0.25) is 4.79 Å². The number of methoxy groups -OCH3 is 1. The van der Waals surface area contributed by atoms with Crippen molar-refractivity contribution in [2.45, 2.75) is 32.2 Å². The van der Waals surface area contributed by atoms with Gasteiger partial charge in [-0.2, -0.15) is 0 Å². The second-order valence-electron chi connectivity index (χ2n) is 5.32. The number of nitrogens with zero attached hydrogens (tertiary/aromatic N) is 1. The molecule has 0 bridgehead atoms. The molecule has 0 amide bonds. The Balaban J connectivity index is 0.00000529. The van der Waals surface area contributed by atoms with Crippen LogP contribution in [0.3, 0.4) is 0 Å². The Morgan fingerprint density at radius 2 is 2.08 bits per heavy atom. The highest BCUT2D eigenvalue weighted by Gasteiger charge is 2.13. The van der Waals surface area contributed by atoms with Gasteiger partial charge in [0, 0.05) is 18.0 Å². The molecule has 1 aromatic rings. The molecule has 0 fully saturated rings. The summed E-state index contributed by atoms with van der Waals surface area (Å²) in [5, 5.41) is 6.38. The van der Waals surface area contributed by atoms with Gasteiger partial charge >= 0.3 is 5.97 Å². The van der Waals surface area contributed by atoms with Crippen LogP contribution in [0, 0.1) is 12.8 Å². The van der Waals surface area contributed by atoms with E-state index in [-0.39, 0.29) is 35.9 Å². The van der Waals surface area contributed by atoms with Gasteiger partial charge in [-0.05, 0) is 37.3 Å². The number of carbonyl (C=O) groups excluding carboxylic acids is 1.